The third kappa shape index (κ3) is 4.95. The van der Waals surface area contributed by atoms with Crippen molar-refractivity contribution < 1.29 is 8.83 Å². The molecule has 0 spiro atoms. The SMILES string of the molecule is c1ccc(-n2c3ccccc3c3c4c(-c5ccc(N(c6ccc(-c7cccc8ccccc78)cc6)c6cccc7c6oc6ccccc67)cc5)cccc4oc32)cc1. The fourth-order valence-electron chi connectivity index (χ4n) is 9.00. The first-order valence-electron chi connectivity index (χ1n) is 19.7. The Kier molecular flexibility index (Phi) is 7.20. The highest BCUT2D eigenvalue weighted by Crippen LogP contribution is 2.46. The molecular formula is C54H34N2O2. The lowest BCUT2D eigenvalue weighted by molar-refractivity contribution is 0.645. The largest absolute Gasteiger partial charge is 0.454 e. The van der Waals surface area contributed by atoms with Crippen LogP contribution < -0.4 is 4.90 Å². The molecule has 9 aromatic carbocycles. The zero-order valence-electron chi connectivity index (χ0n) is 31.3. The van der Waals surface area contributed by atoms with Crippen molar-refractivity contribution in [1.29, 1.82) is 0 Å². The van der Waals surface area contributed by atoms with Gasteiger partial charge >= 0.3 is 0 Å². The summed E-state index contributed by atoms with van der Waals surface area (Å²) in [6.07, 6.45) is 0. The summed E-state index contributed by atoms with van der Waals surface area (Å²) in [7, 11) is 0. The molecule has 272 valence electrons. The van der Waals surface area contributed by atoms with Crippen LogP contribution in [0.3, 0.4) is 0 Å². The molecule has 4 heteroatoms. The van der Waals surface area contributed by atoms with Crippen molar-refractivity contribution in [2.45, 2.75) is 0 Å². The Morgan fingerprint density at radius 3 is 1.78 bits per heavy atom. The summed E-state index contributed by atoms with van der Waals surface area (Å²) in [6.45, 7) is 0. The van der Waals surface area contributed by atoms with Crippen LogP contribution in [-0.2, 0) is 0 Å². The van der Waals surface area contributed by atoms with Gasteiger partial charge in [0.1, 0.15) is 11.2 Å². The lowest BCUT2D eigenvalue weighted by Gasteiger charge is -2.26. The second-order valence-corrected chi connectivity index (χ2v) is 14.9. The van der Waals surface area contributed by atoms with E-state index in [1.165, 1.54) is 27.3 Å². The van der Waals surface area contributed by atoms with E-state index in [0.717, 1.165) is 83.4 Å². The Labute approximate surface area is 334 Å². The van der Waals surface area contributed by atoms with Gasteiger partial charge in [0.15, 0.2) is 5.58 Å². The first-order chi connectivity index (χ1) is 28.8. The number of para-hydroxylation sites is 4. The van der Waals surface area contributed by atoms with E-state index in [1.807, 2.05) is 18.2 Å². The molecule has 0 saturated carbocycles. The minimum atomic E-state index is 0.850. The van der Waals surface area contributed by atoms with Gasteiger partial charge in [0.2, 0.25) is 5.71 Å². The standard InChI is InChI=1S/C54H34N2O2/c1-2-15-38(16-3-1)56-47-23-8-6-19-46(47)52-51-43(21-12-26-50(51)58-54(52)56)37-29-33-40(34-30-37)55(48-24-11-22-45-44-18-7-9-25-49(44)57-53(45)48)39-31-27-36(28-32-39)42-20-10-14-35-13-4-5-17-41(35)42/h1-34H. The van der Waals surface area contributed by atoms with Gasteiger partial charge < -0.3 is 13.7 Å². The molecule has 12 rings (SSSR count). The first-order valence-corrected chi connectivity index (χ1v) is 19.7. The minimum Gasteiger partial charge on any atom is -0.454 e. The molecule has 0 bridgehead atoms. The van der Waals surface area contributed by atoms with Gasteiger partial charge in [0, 0.05) is 38.6 Å². The quantitative estimate of drug-likeness (QED) is 0.170. The summed E-state index contributed by atoms with van der Waals surface area (Å²) in [5.41, 5.74) is 13.3. The van der Waals surface area contributed by atoms with Crippen molar-refractivity contribution in [3.8, 4) is 27.9 Å². The van der Waals surface area contributed by atoms with Crippen LogP contribution in [0.15, 0.2) is 215 Å². The van der Waals surface area contributed by atoms with E-state index in [4.69, 9.17) is 8.83 Å². The molecule has 0 radical (unpaired) electrons. The highest BCUT2D eigenvalue weighted by atomic mass is 16.3. The van der Waals surface area contributed by atoms with E-state index in [2.05, 4.69) is 198 Å². The molecular weight excluding hydrogens is 709 g/mol. The molecule has 3 aromatic heterocycles. The van der Waals surface area contributed by atoms with Gasteiger partial charge in [-0.25, -0.2) is 0 Å². The second kappa shape index (κ2) is 12.9. The van der Waals surface area contributed by atoms with Crippen molar-refractivity contribution in [3.63, 3.8) is 0 Å². The predicted molar refractivity (Wildman–Crippen MR) is 241 cm³/mol. The molecule has 0 aliphatic heterocycles. The van der Waals surface area contributed by atoms with Gasteiger partial charge in [-0.1, -0.05) is 146 Å². The predicted octanol–water partition coefficient (Wildman–Crippen LogP) is 15.4. The summed E-state index contributed by atoms with van der Waals surface area (Å²) in [4.78, 5) is 2.31. The van der Waals surface area contributed by atoms with Gasteiger partial charge in [-0.05, 0) is 93.7 Å². The Balaban J connectivity index is 1.02. The van der Waals surface area contributed by atoms with Gasteiger partial charge in [-0.2, -0.15) is 0 Å². The van der Waals surface area contributed by atoms with Crippen LogP contribution in [0.1, 0.15) is 0 Å². The summed E-state index contributed by atoms with van der Waals surface area (Å²) >= 11 is 0. The van der Waals surface area contributed by atoms with E-state index in [1.54, 1.807) is 0 Å². The summed E-state index contributed by atoms with van der Waals surface area (Å²) < 4.78 is 15.6. The van der Waals surface area contributed by atoms with E-state index in [9.17, 15) is 0 Å². The second-order valence-electron chi connectivity index (χ2n) is 14.9. The summed E-state index contributed by atoms with van der Waals surface area (Å²) in [5.74, 6) is 0. The number of hydrogen-bond acceptors (Lipinski definition) is 3. The Bertz CT molecular complexity index is 3490. The molecule has 58 heavy (non-hydrogen) atoms. The number of nitrogens with zero attached hydrogens (tertiary/aromatic N) is 2. The summed E-state index contributed by atoms with van der Waals surface area (Å²) in [5, 5.41) is 8.08. The molecule has 12 aromatic rings. The third-order valence-corrected chi connectivity index (χ3v) is 11.6. The van der Waals surface area contributed by atoms with Crippen molar-refractivity contribution >= 4 is 82.7 Å². The lowest BCUT2D eigenvalue weighted by atomic mass is 9.97. The first kappa shape index (κ1) is 32.4. The number of rotatable bonds is 6. The van der Waals surface area contributed by atoms with E-state index in [0.29, 0.717) is 0 Å². The zero-order chi connectivity index (χ0) is 38.2. The molecule has 0 atom stereocenters. The Hall–Kier alpha value is -7.82. The smallest absolute Gasteiger partial charge is 0.213 e. The highest BCUT2D eigenvalue weighted by molar-refractivity contribution is 6.23. The van der Waals surface area contributed by atoms with Crippen LogP contribution in [-0.4, -0.2) is 4.57 Å². The molecule has 0 N–H and O–H groups in total. The average Bonchev–Trinajstić information content (AvgIpc) is 3.96. The molecule has 0 unspecified atom stereocenters. The number of anilines is 3. The molecule has 0 aliphatic rings. The van der Waals surface area contributed by atoms with Gasteiger partial charge in [-0.3, -0.25) is 4.57 Å². The lowest BCUT2D eigenvalue weighted by Crippen LogP contribution is -2.10. The normalized spacial score (nSPS) is 11.8. The summed E-state index contributed by atoms with van der Waals surface area (Å²) in [6, 6.07) is 73.0. The van der Waals surface area contributed by atoms with Gasteiger partial charge in [0.25, 0.3) is 0 Å². The molecule has 0 amide bonds. The van der Waals surface area contributed by atoms with Crippen molar-refractivity contribution in [2.75, 3.05) is 4.90 Å². The molecule has 0 aliphatic carbocycles. The fraction of sp³-hybridized carbons (Fsp3) is 0. The highest BCUT2D eigenvalue weighted by Gasteiger charge is 2.23. The number of hydrogen-bond donors (Lipinski definition) is 0. The minimum absolute atomic E-state index is 0.850. The zero-order valence-corrected chi connectivity index (χ0v) is 31.3. The monoisotopic (exact) mass is 742 g/mol. The van der Waals surface area contributed by atoms with E-state index in [-0.39, 0.29) is 0 Å². The number of furan rings is 2. The van der Waals surface area contributed by atoms with Crippen LogP contribution in [0.25, 0.3) is 93.6 Å². The van der Waals surface area contributed by atoms with Gasteiger partial charge in [0.05, 0.1) is 16.6 Å². The van der Waals surface area contributed by atoms with Crippen molar-refractivity contribution in [1.82, 2.24) is 4.57 Å². The molecule has 3 heterocycles. The van der Waals surface area contributed by atoms with Crippen LogP contribution >= 0.6 is 0 Å². The number of benzene rings is 9. The Morgan fingerprint density at radius 1 is 0.379 bits per heavy atom. The van der Waals surface area contributed by atoms with Crippen LogP contribution in [0, 0.1) is 0 Å². The Morgan fingerprint density at radius 2 is 0.966 bits per heavy atom. The number of aromatic nitrogens is 1. The molecule has 4 nitrogen and oxygen atoms in total. The van der Waals surface area contributed by atoms with E-state index < -0.39 is 0 Å². The fourth-order valence-corrected chi connectivity index (χ4v) is 9.00. The average molecular weight is 743 g/mol. The molecule has 0 saturated heterocycles. The van der Waals surface area contributed by atoms with Crippen molar-refractivity contribution in [3.05, 3.63) is 206 Å². The maximum atomic E-state index is 6.74. The third-order valence-electron chi connectivity index (χ3n) is 11.6. The number of fused-ring (bicyclic) bond motifs is 9. The maximum absolute atomic E-state index is 6.74. The maximum Gasteiger partial charge on any atom is 0.213 e. The van der Waals surface area contributed by atoms with Crippen molar-refractivity contribution in [2.24, 2.45) is 0 Å². The van der Waals surface area contributed by atoms with Crippen LogP contribution in [0.4, 0.5) is 17.1 Å². The van der Waals surface area contributed by atoms with Crippen LogP contribution in [0.5, 0.6) is 0 Å². The molecule has 0 fully saturated rings. The van der Waals surface area contributed by atoms with E-state index >= 15 is 0 Å². The van der Waals surface area contributed by atoms with Gasteiger partial charge in [-0.15, -0.1) is 0 Å². The topological polar surface area (TPSA) is 34.5 Å². The van der Waals surface area contributed by atoms with Crippen LogP contribution in [0.2, 0.25) is 0 Å².